The number of carbonyl (C=O) groups excluding carboxylic acids is 1. The monoisotopic (exact) mass is 284 g/mol. The molecule has 1 unspecified atom stereocenters. The largest absolute Gasteiger partial charge is 0.354 e. The lowest BCUT2D eigenvalue weighted by molar-refractivity contribution is -0.122. The average Bonchev–Trinajstić information content (AvgIpc) is 3.21. The number of carbonyl (C=O) groups is 1. The van der Waals surface area contributed by atoms with E-state index in [1.54, 1.807) is 6.20 Å². The quantitative estimate of drug-likeness (QED) is 0.869. The third kappa shape index (κ3) is 3.49. The Labute approximate surface area is 124 Å². The van der Waals surface area contributed by atoms with Crippen LogP contribution in [0.4, 0.5) is 0 Å². The van der Waals surface area contributed by atoms with Gasteiger partial charge in [-0.2, -0.15) is 5.10 Å². The fourth-order valence-electron chi connectivity index (χ4n) is 2.60. The highest BCUT2D eigenvalue weighted by molar-refractivity contribution is 5.81. The van der Waals surface area contributed by atoms with Crippen molar-refractivity contribution in [2.24, 2.45) is 0 Å². The Hall–Kier alpha value is -2.14. The van der Waals surface area contributed by atoms with Crippen LogP contribution in [0.25, 0.3) is 5.69 Å². The fourth-order valence-corrected chi connectivity index (χ4v) is 2.60. The fraction of sp³-hybridized carbons (Fsp3) is 0.375. The second-order valence-corrected chi connectivity index (χ2v) is 5.31. The van der Waals surface area contributed by atoms with Crippen molar-refractivity contribution in [1.82, 2.24) is 20.4 Å². The topological polar surface area (TPSA) is 59.0 Å². The molecular weight excluding hydrogens is 264 g/mol. The van der Waals surface area contributed by atoms with E-state index in [1.165, 1.54) is 5.56 Å². The lowest BCUT2D eigenvalue weighted by Gasteiger charge is -2.11. The van der Waals surface area contributed by atoms with E-state index in [9.17, 15) is 4.79 Å². The van der Waals surface area contributed by atoms with Gasteiger partial charge in [0, 0.05) is 18.9 Å². The molecule has 0 bridgehead atoms. The van der Waals surface area contributed by atoms with Crippen molar-refractivity contribution in [3.63, 3.8) is 0 Å². The van der Waals surface area contributed by atoms with E-state index >= 15 is 0 Å². The van der Waals surface area contributed by atoms with Crippen LogP contribution in [0.3, 0.4) is 0 Å². The lowest BCUT2D eigenvalue weighted by Crippen LogP contribution is -2.41. The molecule has 5 nitrogen and oxygen atoms in total. The van der Waals surface area contributed by atoms with Gasteiger partial charge in [-0.3, -0.25) is 4.79 Å². The summed E-state index contributed by atoms with van der Waals surface area (Å²) < 4.78 is 1.83. The molecule has 1 fully saturated rings. The summed E-state index contributed by atoms with van der Waals surface area (Å²) in [5, 5.41) is 10.4. The molecule has 21 heavy (non-hydrogen) atoms. The van der Waals surface area contributed by atoms with Gasteiger partial charge in [-0.05, 0) is 49.6 Å². The van der Waals surface area contributed by atoms with Crippen LogP contribution < -0.4 is 10.6 Å². The number of aromatic nitrogens is 2. The molecule has 2 aromatic rings. The molecule has 1 amide bonds. The summed E-state index contributed by atoms with van der Waals surface area (Å²) >= 11 is 0. The normalized spacial score (nSPS) is 17.8. The maximum atomic E-state index is 11.9. The molecule has 0 saturated carbocycles. The van der Waals surface area contributed by atoms with Crippen molar-refractivity contribution < 1.29 is 4.79 Å². The SMILES string of the molecule is O=C(NCCc1ccc(-n2cccn2)cc1)C1CCCN1. The lowest BCUT2D eigenvalue weighted by atomic mass is 10.1. The smallest absolute Gasteiger partial charge is 0.237 e. The van der Waals surface area contributed by atoms with Gasteiger partial charge in [0.05, 0.1) is 11.7 Å². The molecule has 0 spiro atoms. The van der Waals surface area contributed by atoms with Crippen molar-refractivity contribution in [3.05, 3.63) is 48.3 Å². The second kappa shape index (κ2) is 6.54. The Morgan fingerprint density at radius 1 is 1.38 bits per heavy atom. The van der Waals surface area contributed by atoms with Gasteiger partial charge < -0.3 is 10.6 Å². The minimum absolute atomic E-state index is 0.00666. The van der Waals surface area contributed by atoms with Gasteiger partial charge >= 0.3 is 0 Å². The molecule has 0 radical (unpaired) electrons. The Balaban J connectivity index is 1.48. The molecule has 1 aliphatic rings. The molecule has 5 heteroatoms. The first-order valence-electron chi connectivity index (χ1n) is 7.43. The first-order chi connectivity index (χ1) is 10.3. The molecule has 2 N–H and O–H groups in total. The van der Waals surface area contributed by atoms with Crippen LogP contribution in [0, 0.1) is 0 Å². The van der Waals surface area contributed by atoms with Crippen LogP contribution in [0.1, 0.15) is 18.4 Å². The predicted molar refractivity (Wildman–Crippen MR) is 81.3 cm³/mol. The van der Waals surface area contributed by atoms with Gasteiger partial charge in [0.1, 0.15) is 0 Å². The summed E-state index contributed by atoms with van der Waals surface area (Å²) in [6.07, 6.45) is 6.57. The first kappa shape index (κ1) is 13.8. The number of benzene rings is 1. The van der Waals surface area contributed by atoms with Crippen LogP contribution in [0.5, 0.6) is 0 Å². The van der Waals surface area contributed by atoms with Gasteiger partial charge in [-0.15, -0.1) is 0 Å². The summed E-state index contributed by atoms with van der Waals surface area (Å²) in [7, 11) is 0. The van der Waals surface area contributed by atoms with Crippen LogP contribution in [0.15, 0.2) is 42.7 Å². The molecule has 1 aromatic carbocycles. The summed E-state index contributed by atoms with van der Waals surface area (Å²) in [6, 6.07) is 10.2. The van der Waals surface area contributed by atoms with Gasteiger partial charge in [-0.25, -0.2) is 4.68 Å². The van der Waals surface area contributed by atoms with Gasteiger partial charge in [0.25, 0.3) is 0 Å². The molecule has 3 rings (SSSR count). The van der Waals surface area contributed by atoms with Crippen molar-refractivity contribution in [2.45, 2.75) is 25.3 Å². The van der Waals surface area contributed by atoms with E-state index in [-0.39, 0.29) is 11.9 Å². The maximum absolute atomic E-state index is 11.9. The second-order valence-electron chi connectivity index (χ2n) is 5.31. The van der Waals surface area contributed by atoms with Crippen LogP contribution in [-0.4, -0.2) is 34.8 Å². The van der Waals surface area contributed by atoms with Crippen LogP contribution in [-0.2, 0) is 11.2 Å². The summed E-state index contributed by atoms with van der Waals surface area (Å²) in [4.78, 5) is 11.9. The molecule has 2 heterocycles. The van der Waals surface area contributed by atoms with Crippen LogP contribution >= 0.6 is 0 Å². The van der Waals surface area contributed by atoms with Gasteiger partial charge in [0.2, 0.25) is 5.91 Å². The van der Waals surface area contributed by atoms with Gasteiger partial charge in [0.15, 0.2) is 0 Å². The minimum Gasteiger partial charge on any atom is -0.354 e. The van der Waals surface area contributed by atoms with E-state index in [0.29, 0.717) is 6.54 Å². The number of hydrogen-bond acceptors (Lipinski definition) is 3. The van der Waals surface area contributed by atoms with Crippen molar-refractivity contribution >= 4 is 5.91 Å². The zero-order chi connectivity index (χ0) is 14.5. The van der Waals surface area contributed by atoms with Crippen LogP contribution in [0.2, 0.25) is 0 Å². The molecule has 110 valence electrons. The molecule has 1 saturated heterocycles. The molecule has 0 aliphatic carbocycles. The number of amides is 1. The van der Waals surface area contributed by atoms with E-state index in [2.05, 4.69) is 27.9 Å². The minimum atomic E-state index is 0.00666. The number of nitrogens with zero attached hydrogens (tertiary/aromatic N) is 2. The summed E-state index contributed by atoms with van der Waals surface area (Å²) in [5.41, 5.74) is 2.26. The standard InChI is InChI=1S/C16H20N4O/c21-16(15-3-1-9-17-15)18-11-8-13-4-6-14(7-5-13)20-12-2-10-19-20/h2,4-7,10,12,15,17H,1,3,8-9,11H2,(H,18,21). The van der Waals surface area contributed by atoms with Crippen molar-refractivity contribution in [3.8, 4) is 5.69 Å². The van der Waals surface area contributed by atoms with E-state index in [4.69, 9.17) is 0 Å². The highest BCUT2D eigenvalue weighted by atomic mass is 16.2. The molecule has 1 aromatic heterocycles. The molecule has 1 atom stereocenters. The Morgan fingerprint density at radius 3 is 2.90 bits per heavy atom. The zero-order valence-corrected chi connectivity index (χ0v) is 12.0. The summed E-state index contributed by atoms with van der Waals surface area (Å²) in [5.74, 6) is 0.126. The first-order valence-corrected chi connectivity index (χ1v) is 7.43. The molecular formula is C16H20N4O. The predicted octanol–water partition coefficient (Wildman–Crippen LogP) is 1.28. The summed E-state index contributed by atoms with van der Waals surface area (Å²) in [6.45, 7) is 1.63. The van der Waals surface area contributed by atoms with E-state index in [0.717, 1.165) is 31.5 Å². The Kier molecular flexibility index (Phi) is 4.31. The average molecular weight is 284 g/mol. The highest BCUT2D eigenvalue weighted by Crippen LogP contribution is 2.09. The number of rotatable bonds is 5. The number of nitrogens with one attached hydrogen (secondary N) is 2. The number of hydrogen-bond donors (Lipinski definition) is 2. The van der Waals surface area contributed by atoms with Gasteiger partial charge in [-0.1, -0.05) is 12.1 Å². The highest BCUT2D eigenvalue weighted by Gasteiger charge is 2.21. The van der Waals surface area contributed by atoms with Crippen molar-refractivity contribution in [1.29, 1.82) is 0 Å². The Morgan fingerprint density at radius 2 is 2.24 bits per heavy atom. The zero-order valence-electron chi connectivity index (χ0n) is 12.0. The third-order valence-electron chi connectivity index (χ3n) is 3.79. The van der Waals surface area contributed by atoms with E-state index < -0.39 is 0 Å². The third-order valence-corrected chi connectivity index (χ3v) is 3.79. The van der Waals surface area contributed by atoms with E-state index in [1.807, 2.05) is 29.1 Å². The molecule has 1 aliphatic heterocycles. The van der Waals surface area contributed by atoms with Crippen molar-refractivity contribution in [2.75, 3.05) is 13.1 Å². The Bertz CT molecular complexity index is 571. The maximum Gasteiger partial charge on any atom is 0.237 e.